The molecule has 1 N–H and O–H groups in total. The normalized spacial score (nSPS) is 29.8. The van der Waals surface area contributed by atoms with E-state index in [1.54, 1.807) is 0 Å². The Hall–Kier alpha value is -0.610. The van der Waals surface area contributed by atoms with Crippen molar-refractivity contribution >= 4 is 5.91 Å². The van der Waals surface area contributed by atoms with Gasteiger partial charge in [-0.2, -0.15) is 0 Å². The monoisotopic (exact) mass is 282 g/mol. The number of nitrogens with zero attached hydrogens (tertiary/aromatic N) is 2. The summed E-state index contributed by atoms with van der Waals surface area (Å²) in [6, 6.07) is 0. The van der Waals surface area contributed by atoms with E-state index in [2.05, 4.69) is 25.7 Å². The first-order valence-corrected chi connectivity index (χ1v) is 8.04. The summed E-state index contributed by atoms with van der Waals surface area (Å²) in [4.78, 5) is 16.8. The van der Waals surface area contributed by atoms with Crippen molar-refractivity contribution in [2.75, 3.05) is 32.7 Å². The average Bonchev–Trinajstić information content (AvgIpc) is 2.35. The van der Waals surface area contributed by atoms with Gasteiger partial charge in [0.15, 0.2) is 5.60 Å². The van der Waals surface area contributed by atoms with Crippen LogP contribution in [0.5, 0.6) is 0 Å². The highest BCUT2D eigenvalue weighted by Gasteiger charge is 2.44. The van der Waals surface area contributed by atoms with Crippen LogP contribution in [0.1, 0.15) is 52.9 Å². The molecule has 0 aliphatic carbocycles. The van der Waals surface area contributed by atoms with Gasteiger partial charge in [0.2, 0.25) is 0 Å². The average molecular weight is 282 g/mol. The zero-order chi connectivity index (χ0) is 14.8. The van der Waals surface area contributed by atoms with E-state index in [0.717, 1.165) is 32.6 Å². The molecule has 2 saturated heterocycles. The molecular weight excluding hydrogens is 252 g/mol. The second-order valence-electron chi connectivity index (χ2n) is 7.76. The lowest BCUT2D eigenvalue weighted by Crippen LogP contribution is -2.60. The van der Waals surface area contributed by atoms with Gasteiger partial charge in [-0.25, -0.2) is 0 Å². The van der Waals surface area contributed by atoms with Gasteiger partial charge in [-0.1, -0.05) is 27.2 Å². The number of hydrogen-bond donors (Lipinski definition) is 1. The van der Waals surface area contributed by atoms with E-state index >= 15 is 0 Å². The van der Waals surface area contributed by atoms with Gasteiger partial charge in [0, 0.05) is 19.6 Å². The topological polar surface area (TPSA) is 43.8 Å². The lowest BCUT2D eigenvalue weighted by atomic mass is 9.88. The number of carbonyl (C=O) groups is 1. The second kappa shape index (κ2) is 6.02. The predicted octanol–water partition coefficient (Wildman–Crippen LogP) is 1.87. The molecule has 0 aromatic heterocycles. The van der Waals surface area contributed by atoms with Crippen LogP contribution in [-0.2, 0) is 4.79 Å². The third kappa shape index (κ3) is 3.95. The van der Waals surface area contributed by atoms with Gasteiger partial charge in [0.1, 0.15) is 0 Å². The molecule has 4 heteroatoms. The third-order valence-corrected chi connectivity index (χ3v) is 4.30. The molecule has 0 saturated carbocycles. The number of β-amino-alcohol motifs (C(OH)–C–C–N with tert-alkyl or cyclic N) is 1. The van der Waals surface area contributed by atoms with E-state index in [-0.39, 0.29) is 11.3 Å². The SMILES string of the molecule is CC(C)(C)CN1CCC[C@@](O)(CN2CCCCC2)C1=O. The van der Waals surface area contributed by atoms with Crippen molar-refractivity contribution in [3.63, 3.8) is 0 Å². The Labute approximate surface area is 123 Å². The van der Waals surface area contributed by atoms with Crippen LogP contribution in [0, 0.1) is 5.41 Å². The van der Waals surface area contributed by atoms with E-state index in [1.807, 2.05) is 4.90 Å². The van der Waals surface area contributed by atoms with Crippen molar-refractivity contribution in [3.8, 4) is 0 Å². The fourth-order valence-corrected chi connectivity index (χ4v) is 3.42. The molecule has 0 spiro atoms. The van der Waals surface area contributed by atoms with Crippen molar-refractivity contribution in [2.24, 2.45) is 5.41 Å². The molecule has 2 rings (SSSR count). The molecule has 0 aromatic carbocycles. The zero-order valence-electron chi connectivity index (χ0n) is 13.3. The Kier molecular flexibility index (Phi) is 4.75. The van der Waals surface area contributed by atoms with Gasteiger partial charge in [-0.3, -0.25) is 9.69 Å². The maximum Gasteiger partial charge on any atom is 0.255 e. The molecule has 2 aliphatic rings. The van der Waals surface area contributed by atoms with Crippen molar-refractivity contribution < 1.29 is 9.90 Å². The summed E-state index contributed by atoms with van der Waals surface area (Å²) in [5.74, 6) is -0.0516. The van der Waals surface area contributed by atoms with E-state index in [1.165, 1.54) is 19.3 Å². The van der Waals surface area contributed by atoms with E-state index in [4.69, 9.17) is 0 Å². The summed E-state index contributed by atoms with van der Waals surface area (Å²) in [5.41, 5.74) is -1.07. The van der Waals surface area contributed by atoms with Crippen LogP contribution in [0.3, 0.4) is 0 Å². The van der Waals surface area contributed by atoms with Crippen LogP contribution in [0.2, 0.25) is 0 Å². The first-order valence-electron chi connectivity index (χ1n) is 8.04. The molecule has 2 fully saturated rings. The molecule has 0 radical (unpaired) electrons. The second-order valence-corrected chi connectivity index (χ2v) is 7.76. The van der Waals surface area contributed by atoms with Crippen LogP contribution in [-0.4, -0.2) is 59.1 Å². The lowest BCUT2D eigenvalue weighted by molar-refractivity contribution is -0.161. The highest BCUT2D eigenvalue weighted by molar-refractivity contribution is 5.86. The number of carbonyl (C=O) groups excluding carboxylic acids is 1. The van der Waals surface area contributed by atoms with Crippen LogP contribution in [0.4, 0.5) is 0 Å². The van der Waals surface area contributed by atoms with Crippen LogP contribution < -0.4 is 0 Å². The number of aliphatic hydroxyl groups is 1. The molecule has 116 valence electrons. The Balaban J connectivity index is 2.00. The van der Waals surface area contributed by atoms with E-state index in [0.29, 0.717) is 13.0 Å². The minimum Gasteiger partial charge on any atom is -0.379 e. The zero-order valence-corrected chi connectivity index (χ0v) is 13.3. The van der Waals surface area contributed by atoms with Crippen LogP contribution >= 0.6 is 0 Å². The summed E-state index contributed by atoms with van der Waals surface area (Å²) < 4.78 is 0. The van der Waals surface area contributed by atoms with Gasteiger partial charge in [-0.05, 0) is 44.2 Å². The number of piperidine rings is 2. The van der Waals surface area contributed by atoms with E-state index < -0.39 is 5.60 Å². The highest BCUT2D eigenvalue weighted by atomic mass is 16.3. The van der Waals surface area contributed by atoms with Gasteiger partial charge < -0.3 is 10.0 Å². The summed E-state index contributed by atoms with van der Waals surface area (Å²) >= 11 is 0. The van der Waals surface area contributed by atoms with Crippen LogP contribution in [0.15, 0.2) is 0 Å². The van der Waals surface area contributed by atoms with Crippen molar-refractivity contribution in [3.05, 3.63) is 0 Å². The maximum atomic E-state index is 12.6. The standard InChI is InChI=1S/C16H30N2O2/c1-15(2,3)12-18-11-7-8-16(20,14(18)19)13-17-9-5-4-6-10-17/h20H,4-13H2,1-3H3/t16-/m1/s1. The molecule has 2 aliphatic heterocycles. The van der Waals surface area contributed by atoms with Gasteiger partial charge in [0.05, 0.1) is 0 Å². The Bertz CT molecular complexity index is 345. The smallest absolute Gasteiger partial charge is 0.255 e. The molecule has 0 aromatic rings. The largest absolute Gasteiger partial charge is 0.379 e. The predicted molar refractivity (Wildman–Crippen MR) is 80.5 cm³/mol. The number of hydrogen-bond acceptors (Lipinski definition) is 3. The summed E-state index contributed by atoms with van der Waals surface area (Å²) in [6.45, 7) is 10.5. The third-order valence-electron chi connectivity index (χ3n) is 4.30. The highest BCUT2D eigenvalue weighted by Crippen LogP contribution is 2.27. The van der Waals surface area contributed by atoms with Crippen molar-refractivity contribution in [2.45, 2.75) is 58.5 Å². The minimum atomic E-state index is -1.15. The fourth-order valence-electron chi connectivity index (χ4n) is 3.42. The Morgan fingerprint density at radius 1 is 1.10 bits per heavy atom. The number of rotatable bonds is 3. The Morgan fingerprint density at radius 3 is 2.35 bits per heavy atom. The lowest BCUT2D eigenvalue weighted by Gasteiger charge is -2.43. The quantitative estimate of drug-likeness (QED) is 0.859. The summed E-state index contributed by atoms with van der Waals surface area (Å²) in [6.07, 6.45) is 5.18. The van der Waals surface area contributed by atoms with Crippen LogP contribution in [0.25, 0.3) is 0 Å². The molecule has 2 heterocycles. The molecule has 20 heavy (non-hydrogen) atoms. The molecule has 0 unspecified atom stereocenters. The maximum absolute atomic E-state index is 12.6. The number of likely N-dealkylation sites (tertiary alicyclic amines) is 2. The van der Waals surface area contributed by atoms with E-state index in [9.17, 15) is 9.90 Å². The summed E-state index contributed by atoms with van der Waals surface area (Å²) in [7, 11) is 0. The summed E-state index contributed by atoms with van der Waals surface area (Å²) in [5, 5.41) is 10.8. The first kappa shape index (κ1) is 15.8. The fraction of sp³-hybridized carbons (Fsp3) is 0.938. The Morgan fingerprint density at radius 2 is 1.75 bits per heavy atom. The molecule has 1 atom stereocenters. The number of amides is 1. The molecule has 1 amide bonds. The van der Waals surface area contributed by atoms with Gasteiger partial charge in [0.25, 0.3) is 5.91 Å². The molecular formula is C16H30N2O2. The van der Waals surface area contributed by atoms with Crippen molar-refractivity contribution in [1.82, 2.24) is 9.80 Å². The van der Waals surface area contributed by atoms with Gasteiger partial charge >= 0.3 is 0 Å². The minimum absolute atomic E-state index is 0.0516. The molecule has 4 nitrogen and oxygen atoms in total. The van der Waals surface area contributed by atoms with Crippen molar-refractivity contribution in [1.29, 1.82) is 0 Å². The van der Waals surface area contributed by atoms with Gasteiger partial charge in [-0.15, -0.1) is 0 Å². The first-order chi connectivity index (χ1) is 9.30. The molecule has 0 bridgehead atoms.